The molecule has 0 fully saturated rings. The second-order valence-corrected chi connectivity index (χ2v) is 13.9. The van der Waals surface area contributed by atoms with Gasteiger partial charge in [0.1, 0.15) is 37.1 Å². The van der Waals surface area contributed by atoms with E-state index in [1.807, 2.05) is 182 Å². The molecule has 0 atom stereocenters. The van der Waals surface area contributed by atoms with E-state index in [2.05, 4.69) is 19.1 Å². The molecule has 282 valence electrons. The average molecular weight is 748 g/mol. The number of ether oxygens (including phenoxy) is 3. The summed E-state index contributed by atoms with van der Waals surface area (Å²) in [5.41, 5.74) is 7.56. The van der Waals surface area contributed by atoms with Gasteiger partial charge in [0.25, 0.3) is 0 Å². The highest BCUT2D eigenvalue weighted by molar-refractivity contribution is 6.14. The monoisotopic (exact) mass is 747 g/mol. The van der Waals surface area contributed by atoms with Crippen molar-refractivity contribution in [3.63, 3.8) is 0 Å². The van der Waals surface area contributed by atoms with E-state index in [1.165, 1.54) is 0 Å². The van der Waals surface area contributed by atoms with E-state index < -0.39 is 5.41 Å². The van der Waals surface area contributed by atoms with Crippen LogP contribution in [0.25, 0.3) is 0 Å². The van der Waals surface area contributed by atoms with Gasteiger partial charge in [0.05, 0.1) is 28.2 Å². The van der Waals surface area contributed by atoms with E-state index >= 15 is 0 Å². The van der Waals surface area contributed by atoms with Crippen LogP contribution in [0.3, 0.4) is 0 Å². The fourth-order valence-corrected chi connectivity index (χ4v) is 6.35. The minimum atomic E-state index is -0.520. The molecular weight excluding hydrogens is 703 g/mol. The Morgan fingerprint density at radius 1 is 0.404 bits per heavy atom. The van der Waals surface area contributed by atoms with Crippen LogP contribution in [0.4, 0.5) is 5.69 Å². The molecule has 0 aliphatic carbocycles. The summed E-state index contributed by atoms with van der Waals surface area (Å²) in [6.45, 7) is 3.16. The molecule has 0 spiro atoms. The molecule has 0 amide bonds. The lowest BCUT2D eigenvalue weighted by Crippen LogP contribution is -2.40. The van der Waals surface area contributed by atoms with E-state index in [-0.39, 0.29) is 0 Å². The van der Waals surface area contributed by atoms with Gasteiger partial charge in [0, 0.05) is 22.3 Å². The van der Waals surface area contributed by atoms with Crippen molar-refractivity contribution in [2.24, 2.45) is 10.4 Å². The third kappa shape index (κ3) is 9.99. The van der Waals surface area contributed by atoms with E-state index in [0.717, 1.165) is 57.0 Å². The van der Waals surface area contributed by atoms with Crippen molar-refractivity contribution in [1.29, 1.82) is 10.8 Å². The van der Waals surface area contributed by atoms with Gasteiger partial charge in [-0.3, -0.25) is 10.8 Å². The summed E-state index contributed by atoms with van der Waals surface area (Å²) in [6.07, 6.45) is 0.723. The van der Waals surface area contributed by atoms with Crippen molar-refractivity contribution < 1.29 is 14.2 Å². The zero-order valence-corrected chi connectivity index (χ0v) is 32.0. The summed E-state index contributed by atoms with van der Waals surface area (Å²) < 4.78 is 19.5. The van der Waals surface area contributed by atoms with Crippen LogP contribution < -0.4 is 14.2 Å². The number of nitrogens with one attached hydrogen (secondary N) is 2. The van der Waals surface area contributed by atoms with Gasteiger partial charge in [-0.2, -0.15) is 0 Å². The Kier molecular flexibility index (Phi) is 12.4. The average Bonchev–Trinajstić information content (AvgIpc) is 3.29. The lowest BCUT2D eigenvalue weighted by molar-refractivity contribution is 0.0293. The maximum absolute atomic E-state index is 8.66. The molecule has 0 aromatic heterocycles. The number of aliphatic imine (C=N–C) groups is 1. The van der Waals surface area contributed by atoms with Gasteiger partial charge in [-0.1, -0.05) is 116 Å². The predicted molar refractivity (Wildman–Crippen MR) is 231 cm³/mol. The van der Waals surface area contributed by atoms with Gasteiger partial charge < -0.3 is 14.2 Å². The smallest absolute Gasteiger partial charge is 0.119 e. The number of rotatable bonds is 17. The van der Waals surface area contributed by atoms with Crippen molar-refractivity contribution in [2.45, 2.75) is 13.3 Å². The molecule has 7 aromatic carbocycles. The molecule has 0 radical (unpaired) electrons. The van der Waals surface area contributed by atoms with Gasteiger partial charge in [0.15, 0.2) is 0 Å². The van der Waals surface area contributed by atoms with Crippen LogP contribution in [-0.2, 0) is 0 Å². The quantitative estimate of drug-likeness (QED) is 0.0909. The van der Waals surface area contributed by atoms with Crippen LogP contribution >= 0.6 is 0 Å². The van der Waals surface area contributed by atoms with Crippen molar-refractivity contribution in [3.8, 4) is 17.2 Å². The Bertz CT molecular complexity index is 2280. The largest absolute Gasteiger partial charge is 0.493 e. The first-order valence-electron chi connectivity index (χ1n) is 19.2. The predicted octanol–water partition coefficient (Wildman–Crippen LogP) is 11.6. The Hall–Kier alpha value is -7.05. The zero-order valence-electron chi connectivity index (χ0n) is 32.0. The summed E-state index contributed by atoms with van der Waals surface area (Å²) in [5, 5.41) is 17.3. The normalized spacial score (nSPS) is 12.3. The zero-order chi connectivity index (χ0) is 39.3. The first kappa shape index (κ1) is 38.2. The molecule has 7 rings (SSSR count). The number of hydrogen-bond donors (Lipinski definition) is 2. The van der Waals surface area contributed by atoms with Crippen LogP contribution in [0.5, 0.6) is 17.2 Å². The number of para-hydroxylation sites is 1. The fourth-order valence-electron chi connectivity index (χ4n) is 6.35. The molecule has 57 heavy (non-hydrogen) atoms. The van der Waals surface area contributed by atoms with E-state index in [9.17, 15) is 0 Å². The van der Waals surface area contributed by atoms with Crippen molar-refractivity contribution >= 4 is 22.8 Å². The van der Waals surface area contributed by atoms with Gasteiger partial charge in [-0.25, -0.2) is 4.99 Å². The van der Waals surface area contributed by atoms with Gasteiger partial charge in [-0.15, -0.1) is 0 Å². The minimum Gasteiger partial charge on any atom is -0.493 e. The molecular formula is C51H45N3O3. The number of benzene rings is 7. The SMILES string of the molecule is CCC(COc1ccc(C(=N)c2ccccc2)cc1)(COc1ccc(C(=N)c2ccccc2)cc1)COc1ccc(C(=Nc2ccccc2)c2ccccc2)cc1. The van der Waals surface area contributed by atoms with Crippen LogP contribution in [0, 0.1) is 16.2 Å². The molecule has 0 aliphatic rings. The molecule has 6 nitrogen and oxygen atoms in total. The highest BCUT2D eigenvalue weighted by atomic mass is 16.5. The van der Waals surface area contributed by atoms with E-state index in [0.29, 0.717) is 42.7 Å². The summed E-state index contributed by atoms with van der Waals surface area (Å²) in [4.78, 5) is 5.01. The van der Waals surface area contributed by atoms with Crippen molar-refractivity contribution in [1.82, 2.24) is 0 Å². The highest BCUT2D eigenvalue weighted by Crippen LogP contribution is 2.29. The lowest BCUT2D eigenvalue weighted by atomic mass is 9.88. The fraction of sp³-hybridized carbons (Fsp3) is 0.118. The highest BCUT2D eigenvalue weighted by Gasteiger charge is 2.32. The number of hydrogen-bond acceptors (Lipinski definition) is 6. The summed E-state index contributed by atoms with van der Waals surface area (Å²) >= 11 is 0. The van der Waals surface area contributed by atoms with Gasteiger partial charge in [-0.05, 0) is 102 Å². The van der Waals surface area contributed by atoms with Gasteiger partial charge in [0.2, 0.25) is 0 Å². The van der Waals surface area contributed by atoms with Crippen molar-refractivity contribution in [2.75, 3.05) is 19.8 Å². The molecule has 7 aromatic rings. The molecule has 0 bridgehead atoms. The Morgan fingerprint density at radius 2 is 0.702 bits per heavy atom. The molecule has 0 aliphatic heterocycles. The molecule has 2 N–H and O–H groups in total. The van der Waals surface area contributed by atoms with Crippen LogP contribution in [0.1, 0.15) is 46.7 Å². The molecule has 0 saturated carbocycles. The standard InChI is InChI=1S/C51H45N3O3/c1-2-51(35-55-45-29-23-40(24-30-45)48(52)38-15-7-3-8-16-38,36-56-46-31-25-41(26-32-46)49(53)39-17-9-4-10-18-39)37-57-47-33-27-43(28-34-47)50(42-19-11-5-12-20-42)54-44-21-13-6-14-22-44/h3-34,52-53H,2,35-37H2,1H3. The molecule has 0 heterocycles. The maximum Gasteiger partial charge on any atom is 0.119 e. The second kappa shape index (κ2) is 18.5. The first-order valence-corrected chi connectivity index (χ1v) is 19.2. The molecule has 0 saturated heterocycles. The Labute approximate surface area is 335 Å². The lowest BCUT2D eigenvalue weighted by Gasteiger charge is -2.32. The van der Waals surface area contributed by atoms with Crippen molar-refractivity contribution in [3.05, 3.63) is 228 Å². The minimum absolute atomic E-state index is 0.343. The maximum atomic E-state index is 8.66. The van der Waals surface area contributed by atoms with Crippen LogP contribution in [0.15, 0.2) is 199 Å². The van der Waals surface area contributed by atoms with E-state index in [4.69, 9.17) is 30.0 Å². The van der Waals surface area contributed by atoms with Gasteiger partial charge >= 0.3 is 0 Å². The summed E-state index contributed by atoms with van der Waals surface area (Å²) in [6, 6.07) is 63.0. The molecule has 6 heteroatoms. The first-order chi connectivity index (χ1) is 28.0. The van der Waals surface area contributed by atoms with E-state index in [1.54, 1.807) is 0 Å². The second-order valence-electron chi connectivity index (χ2n) is 13.9. The van der Waals surface area contributed by atoms with Crippen LogP contribution in [0.2, 0.25) is 0 Å². The van der Waals surface area contributed by atoms with Crippen LogP contribution in [-0.4, -0.2) is 37.0 Å². The number of nitrogens with zero attached hydrogens (tertiary/aromatic N) is 1. The Morgan fingerprint density at radius 3 is 1.07 bits per heavy atom. The summed E-state index contributed by atoms with van der Waals surface area (Å²) in [5.74, 6) is 2.14. The third-order valence-corrected chi connectivity index (χ3v) is 9.97. The topological polar surface area (TPSA) is 87.8 Å². The third-order valence-electron chi connectivity index (χ3n) is 9.97. The Balaban J connectivity index is 1.08. The summed E-state index contributed by atoms with van der Waals surface area (Å²) in [7, 11) is 0. The molecule has 0 unspecified atom stereocenters.